The number of nitrogens with one attached hydrogen (secondary N) is 1. The first-order valence-corrected chi connectivity index (χ1v) is 8.09. The van der Waals surface area contributed by atoms with E-state index in [0.717, 1.165) is 0 Å². The lowest BCUT2D eigenvalue weighted by Gasteiger charge is -2.35. The second-order valence-electron chi connectivity index (χ2n) is 5.43. The van der Waals surface area contributed by atoms with Gasteiger partial charge in [-0.15, -0.1) is 0 Å². The van der Waals surface area contributed by atoms with Gasteiger partial charge in [0.15, 0.2) is 0 Å². The van der Waals surface area contributed by atoms with Crippen molar-refractivity contribution in [2.24, 2.45) is 5.10 Å². The molecule has 1 aliphatic rings. The number of nitrogens with zero attached hydrogens (tertiary/aromatic N) is 6. The van der Waals surface area contributed by atoms with E-state index >= 15 is 0 Å². The van der Waals surface area contributed by atoms with Crippen LogP contribution in [0.25, 0.3) is 0 Å². The highest BCUT2D eigenvalue weighted by atomic mass is 16.6. The van der Waals surface area contributed by atoms with Gasteiger partial charge in [-0.25, -0.2) is 4.79 Å². The molecule has 1 amide bonds. The maximum absolute atomic E-state index is 11.8. The lowest BCUT2D eigenvalue weighted by molar-refractivity contribution is -0.383. The van der Waals surface area contributed by atoms with Crippen LogP contribution in [0.4, 0.5) is 21.9 Å². The van der Waals surface area contributed by atoms with Crippen LogP contribution in [0.3, 0.4) is 0 Å². The highest BCUT2D eigenvalue weighted by Gasteiger charge is 2.23. The first kappa shape index (κ1) is 19.5. The number of hydrazone groups is 1. The first-order valence-electron chi connectivity index (χ1n) is 8.09. The largest absolute Gasteiger partial charge is 0.450 e. The maximum Gasteiger partial charge on any atom is 0.409 e. The van der Waals surface area contributed by atoms with E-state index in [2.05, 4.69) is 10.5 Å². The second-order valence-corrected chi connectivity index (χ2v) is 5.43. The van der Waals surface area contributed by atoms with E-state index in [0.29, 0.717) is 38.5 Å². The molecule has 140 valence electrons. The molecule has 1 saturated heterocycles. The van der Waals surface area contributed by atoms with Gasteiger partial charge in [0, 0.05) is 37.9 Å². The Morgan fingerprint density at radius 3 is 2.56 bits per heavy atom. The fourth-order valence-electron chi connectivity index (χ4n) is 2.52. The number of benzene rings is 1. The Balaban J connectivity index is 2.17. The SMILES string of the molecule is CCOC(=O)N1CCN(c2ccc([N+](=O)[O-])c(NN=C(C#N)C#N)c2)CC1. The van der Waals surface area contributed by atoms with Crippen molar-refractivity contribution in [1.82, 2.24) is 4.90 Å². The monoisotopic (exact) mass is 371 g/mol. The average molecular weight is 371 g/mol. The number of ether oxygens (including phenoxy) is 1. The molecule has 2 rings (SSSR count). The number of carbonyl (C=O) groups excluding carboxylic acids is 1. The minimum absolute atomic E-state index is 0.0633. The molecule has 0 atom stereocenters. The van der Waals surface area contributed by atoms with E-state index in [1.807, 2.05) is 4.90 Å². The van der Waals surface area contributed by atoms with Gasteiger partial charge >= 0.3 is 6.09 Å². The molecule has 0 radical (unpaired) electrons. The van der Waals surface area contributed by atoms with E-state index in [4.69, 9.17) is 15.3 Å². The number of carbonyl (C=O) groups is 1. The van der Waals surface area contributed by atoms with Crippen LogP contribution in [-0.4, -0.2) is 54.4 Å². The molecule has 1 aromatic carbocycles. The molecule has 1 N–H and O–H groups in total. The number of nitro benzene ring substituents is 1. The molecule has 1 aliphatic heterocycles. The third-order valence-electron chi connectivity index (χ3n) is 3.85. The van der Waals surface area contributed by atoms with Crippen LogP contribution < -0.4 is 10.3 Å². The van der Waals surface area contributed by atoms with Crippen molar-refractivity contribution in [2.75, 3.05) is 43.1 Å². The van der Waals surface area contributed by atoms with Crippen LogP contribution in [0.2, 0.25) is 0 Å². The van der Waals surface area contributed by atoms with Gasteiger partial charge in [-0.05, 0) is 19.1 Å². The summed E-state index contributed by atoms with van der Waals surface area (Å²) in [5, 5.41) is 32.2. The molecule has 11 nitrogen and oxygen atoms in total. The lowest BCUT2D eigenvalue weighted by Crippen LogP contribution is -2.49. The summed E-state index contributed by atoms with van der Waals surface area (Å²) in [4.78, 5) is 25.9. The summed E-state index contributed by atoms with van der Waals surface area (Å²) in [6.45, 7) is 4.03. The average Bonchev–Trinajstić information content (AvgIpc) is 2.68. The normalized spacial score (nSPS) is 13.1. The van der Waals surface area contributed by atoms with Gasteiger partial charge in [0.25, 0.3) is 5.69 Å². The van der Waals surface area contributed by atoms with Crippen molar-refractivity contribution in [1.29, 1.82) is 10.5 Å². The molecule has 0 bridgehead atoms. The smallest absolute Gasteiger partial charge is 0.409 e. The maximum atomic E-state index is 11.8. The third kappa shape index (κ3) is 4.83. The first-order chi connectivity index (χ1) is 13.0. The highest BCUT2D eigenvalue weighted by Crippen LogP contribution is 2.30. The minimum Gasteiger partial charge on any atom is -0.450 e. The van der Waals surface area contributed by atoms with Gasteiger partial charge in [0.05, 0.1) is 11.5 Å². The predicted octanol–water partition coefficient (Wildman–Crippen LogP) is 1.69. The third-order valence-corrected chi connectivity index (χ3v) is 3.85. The standard InChI is InChI=1S/C16H17N7O4/c1-2-27-16(24)22-7-5-21(6-8-22)13-3-4-15(23(25)26)14(9-13)20-19-12(10-17)11-18/h3-4,9,20H,2,5-8H2,1H3. The van der Waals surface area contributed by atoms with Gasteiger partial charge < -0.3 is 14.5 Å². The quantitative estimate of drug-likeness (QED) is 0.467. The van der Waals surface area contributed by atoms with E-state index < -0.39 is 10.6 Å². The molecular formula is C16H17N7O4. The Kier molecular flexibility index (Phi) is 6.49. The number of rotatable bonds is 5. The summed E-state index contributed by atoms with van der Waals surface area (Å²) < 4.78 is 4.98. The molecule has 1 heterocycles. The zero-order valence-electron chi connectivity index (χ0n) is 14.6. The summed E-state index contributed by atoms with van der Waals surface area (Å²) >= 11 is 0. The Morgan fingerprint density at radius 1 is 1.33 bits per heavy atom. The van der Waals surface area contributed by atoms with Crippen LogP contribution in [0.15, 0.2) is 23.3 Å². The number of hydrogen-bond donors (Lipinski definition) is 1. The Hall–Kier alpha value is -3.86. The Labute approximate surface area is 155 Å². The van der Waals surface area contributed by atoms with Crippen LogP contribution >= 0.6 is 0 Å². The summed E-state index contributed by atoms with van der Waals surface area (Å²) in [5.74, 6) is 0. The van der Waals surface area contributed by atoms with Crippen molar-refractivity contribution in [3.8, 4) is 12.1 Å². The fraction of sp³-hybridized carbons (Fsp3) is 0.375. The summed E-state index contributed by atoms with van der Waals surface area (Å²) in [7, 11) is 0. The molecule has 0 unspecified atom stereocenters. The highest BCUT2D eigenvalue weighted by molar-refractivity contribution is 6.10. The molecule has 0 aliphatic carbocycles. The van der Waals surface area contributed by atoms with Gasteiger partial charge in [-0.2, -0.15) is 15.6 Å². The van der Waals surface area contributed by atoms with Crippen molar-refractivity contribution in [2.45, 2.75) is 6.92 Å². The van der Waals surface area contributed by atoms with Gasteiger partial charge in [-0.3, -0.25) is 15.5 Å². The molecule has 0 saturated carbocycles. The second kappa shape index (κ2) is 9.01. The van der Waals surface area contributed by atoms with Gasteiger partial charge in [-0.1, -0.05) is 0 Å². The van der Waals surface area contributed by atoms with E-state index in [-0.39, 0.29) is 17.5 Å². The predicted molar refractivity (Wildman–Crippen MR) is 96.2 cm³/mol. The molecule has 0 spiro atoms. The number of nitriles is 2. The van der Waals surface area contributed by atoms with E-state index in [9.17, 15) is 14.9 Å². The topological polar surface area (TPSA) is 148 Å². The number of hydrogen-bond acceptors (Lipinski definition) is 9. The van der Waals surface area contributed by atoms with E-state index in [1.54, 1.807) is 30.0 Å². The van der Waals surface area contributed by atoms with E-state index in [1.165, 1.54) is 12.1 Å². The molecule has 11 heteroatoms. The van der Waals surface area contributed by atoms with Crippen LogP contribution in [0, 0.1) is 32.8 Å². The lowest BCUT2D eigenvalue weighted by atomic mass is 10.2. The Bertz CT molecular complexity index is 816. The molecular weight excluding hydrogens is 354 g/mol. The zero-order valence-corrected chi connectivity index (χ0v) is 14.6. The number of amides is 1. The number of nitro groups is 1. The number of anilines is 2. The zero-order chi connectivity index (χ0) is 19.8. The van der Waals surface area contributed by atoms with Gasteiger partial charge in [0.2, 0.25) is 5.71 Å². The molecule has 1 aromatic rings. The summed E-state index contributed by atoms with van der Waals surface area (Å²) in [6.07, 6.45) is -0.363. The minimum atomic E-state index is -0.585. The fourth-order valence-corrected chi connectivity index (χ4v) is 2.52. The summed E-state index contributed by atoms with van der Waals surface area (Å²) in [5.41, 5.74) is 2.49. The molecule has 1 fully saturated rings. The Morgan fingerprint density at radius 2 is 2.00 bits per heavy atom. The number of piperazine rings is 1. The van der Waals surface area contributed by atoms with Crippen LogP contribution in [0.5, 0.6) is 0 Å². The van der Waals surface area contributed by atoms with Crippen molar-refractivity contribution >= 4 is 28.9 Å². The molecule has 27 heavy (non-hydrogen) atoms. The van der Waals surface area contributed by atoms with Crippen molar-refractivity contribution in [3.63, 3.8) is 0 Å². The van der Waals surface area contributed by atoms with Crippen molar-refractivity contribution < 1.29 is 14.5 Å². The van der Waals surface area contributed by atoms with Crippen molar-refractivity contribution in [3.05, 3.63) is 28.3 Å². The van der Waals surface area contributed by atoms with Crippen LogP contribution in [0.1, 0.15) is 6.92 Å². The van der Waals surface area contributed by atoms with Crippen LogP contribution in [-0.2, 0) is 4.74 Å². The summed E-state index contributed by atoms with van der Waals surface area (Å²) in [6, 6.07) is 7.59. The van der Waals surface area contributed by atoms with Gasteiger partial charge in [0.1, 0.15) is 17.8 Å². The molecule has 0 aromatic heterocycles.